The number of rotatable bonds is 6. The van der Waals surface area contributed by atoms with Gasteiger partial charge < -0.3 is 30.9 Å². The van der Waals surface area contributed by atoms with Gasteiger partial charge in [-0.2, -0.15) is 0 Å². The Balaban J connectivity index is 2.32. The van der Waals surface area contributed by atoms with Crippen LogP contribution in [-0.4, -0.2) is 79.2 Å². The van der Waals surface area contributed by atoms with E-state index in [0.29, 0.717) is 6.54 Å². The molecule has 0 spiro atoms. The predicted molar refractivity (Wildman–Crippen MR) is 65.9 cm³/mol. The van der Waals surface area contributed by atoms with E-state index in [1.165, 1.54) is 0 Å². The zero-order valence-electron chi connectivity index (χ0n) is 10.9. The van der Waals surface area contributed by atoms with Gasteiger partial charge in [-0.15, -0.1) is 0 Å². The van der Waals surface area contributed by atoms with Crippen LogP contribution in [-0.2, 0) is 9.53 Å². The van der Waals surface area contributed by atoms with Crippen molar-refractivity contribution in [2.75, 3.05) is 33.7 Å². The summed E-state index contributed by atoms with van der Waals surface area (Å²) in [6.45, 7) is 1.41. The number of ether oxygens (including phenoxy) is 1. The molecule has 0 bridgehead atoms. The standard InChI is InChI=1S/C11H23N3O4/c1-14(2)4-3-13-9(15)5-7-10(16)11(17)8(6-12)18-7/h7-8,10-11,16-17H,3-6,12H2,1-2H3,(H,13,15). The minimum Gasteiger partial charge on any atom is -0.388 e. The molecule has 7 nitrogen and oxygen atoms in total. The number of nitrogens with zero attached hydrogens (tertiary/aromatic N) is 1. The second-order valence-corrected chi connectivity index (χ2v) is 4.79. The summed E-state index contributed by atoms with van der Waals surface area (Å²) in [5, 5.41) is 22.0. The summed E-state index contributed by atoms with van der Waals surface area (Å²) in [4.78, 5) is 13.5. The lowest BCUT2D eigenvalue weighted by atomic mass is 10.1. The summed E-state index contributed by atoms with van der Waals surface area (Å²) in [7, 11) is 3.83. The van der Waals surface area contributed by atoms with Gasteiger partial charge in [-0.25, -0.2) is 0 Å². The Morgan fingerprint density at radius 2 is 1.94 bits per heavy atom. The maximum Gasteiger partial charge on any atom is 0.222 e. The Morgan fingerprint density at radius 1 is 1.33 bits per heavy atom. The highest BCUT2D eigenvalue weighted by molar-refractivity contribution is 5.76. The van der Waals surface area contributed by atoms with Crippen molar-refractivity contribution in [3.8, 4) is 0 Å². The fourth-order valence-electron chi connectivity index (χ4n) is 1.86. The number of hydrogen-bond donors (Lipinski definition) is 4. The van der Waals surface area contributed by atoms with Gasteiger partial charge in [-0.3, -0.25) is 4.79 Å². The molecule has 1 fully saturated rings. The molecule has 4 unspecified atom stereocenters. The maximum atomic E-state index is 11.6. The molecule has 0 aromatic heterocycles. The van der Waals surface area contributed by atoms with Gasteiger partial charge in [0.2, 0.25) is 5.91 Å². The van der Waals surface area contributed by atoms with E-state index >= 15 is 0 Å². The molecule has 1 rings (SSSR count). The van der Waals surface area contributed by atoms with Gasteiger partial charge in [0.05, 0.1) is 18.6 Å². The normalized spacial score (nSPS) is 31.9. The van der Waals surface area contributed by atoms with E-state index in [9.17, 15) is 15.0 Å². The van der Waals surface area contributed by atoms with Gasteiger partial charge in [0, 0.05) is 19.6 Å². The number of likely N-dealkylation sites (N-methyl/N-ethyl adjacent to an activating group) is 1. The average molecular weight is 261 g/mol. The lowest BCUT2D eigenvalue weighted by Crippen LogP contribution is -2.38. The van der Waals surface area contributed by atoms with Crippen molar-refractivity contribution in [2.45, 2.75) is 30.8 Å². The molecule has 1 aliphatic rings. The van der Waals surface area contributed by atoms with E-state index < -0.39 is 24.4 Å². The minimum absolute atomic E-state index is 0.0299. The average Bonchev–Trinajstić information content (AvgIpc) is 2.56. The lowest BCUT2D eigenvalue weighted by Gasteiger charge is -2.15. The molecule has 7 heteroatoms. The highest BCUT2D eigenvalue weighted by Crippen LogP contribution is 2.22. The fourth-order valence-corrected chi connectivity index (χ4v) is 1.86. The molecule has 4 atom stereocenters. The number of carbonyl (C=O) groups excluding carboxylic acids is 1. The van der Waals surface area contributed by atoms with Crippen LogP contribution in [0.1, 0.15) is 6.42 Å². The molecular weight excluding hydrogens is 238 g/mol. The summed E-state index contributed by atoms with van der Waals surface area (Å²) in [6, 6.07) is 0. The summed E-state index contributed by atoms with van der Waals surface area (Å²) >= 11 is 0. The van der Waals surface area contributed by atoms with Crippen molar-refractivity contribution in [1.29, 1.82) is 0 Å². The van der Waals surface area contributed by atoms with E-state index in [0.717, 1.165) is 6.54 Å². The number of nitrogens with two attached hydrogens (primary N) is 1. The van der Waals surface area contributed by atoms with Crippen LogP contribution >= 0.6 is 0 Å². The van der Waals surface area contributed by atoms with Crippen molar-refractivity contribution in [3.05, 3.63) is 0 Å². The molecule has 1 amide bonds. The molecule has 5 N–H and O–H groups in total. The van der Waals surface area contributed by atoms with E-state index in [4.69, 9.17) is 10.5 Å². The smallest absolute Gasteiger partial charge is 0.222 e. The SMILES string of the molecule is CN(C)CCNC(=O)CC1OC(CN)C(O)C1O. The highest BCUT2D eigenvalue weighted by Gasteiger charge is 2.42. The molecule has 1 aliphatic heterocycles. The number of aliphatic hydroxyl groups is 2. The molecular formula is C11H23N3O4. The van der Waals surface area contributed by atoms with E-state index in [2.05, 4.69) is 5.32 Å². The van der Waals surface area contributed by atoms with Crippen LogP contribution in [0.4, 0.5) is 0 Å². The Kier molecular flexibility index (Phi) is 5.97. The Labute approximate surface area is 107 Å². The third-order valence-corrected chi connectivity index (χ3v) is 2.96. The molecule has 0 radical (unpaired) electrons. The van der Waals surface area contributed by atoms with Crippen LogP contribution in [0.2, 0.25) is 0 Å². The first kappa shape index (κ1) is 15.3. The van der Waals surface area contributed by atoms with Gasteiger partial charge in [0.25, 0.3) is 0 Å². The van der Waals surface area contributed by atoms with E-state index in [1.807, 2.05) is 19.0 Å². The third kappa shape index (κ3) is 4.18. The maximum absolute atomic E-state index is 11.6. The molecule has 0 aromatic carbocycles. The first-order chi connectivity index (χ1) is 8.45. The van der Waals surface area contributed by atoms with Crippen molar-refractivity contribution < 1.29 is 19.7 Å². The molecule has 106 valence electrons. The van der Waals surface area contributed by atoms with Gasteiger partial charge in [0.1, 0.15) is 12.2 Å². The van der Waals surface area contributed by atoms with E-state index in [-0.39, 0.29) is 18.9 Å². The van der Waals surface area contributed by atoms with Gasteiger partial charge >= 0.3 is 0 Å². The first-order valence-corrected chi connectivity index (χ1v) is 6.08. The van der Waals surface area contributed by atoms with Crippen LogP contribution < -0.4 is 11.1 Å². The molecule has 18 heavy (non-hydrogen) atoms. The van der Waals surface area contributed by atoms with Crippen molar-refractivity contribution in [3.63, 3.8) is 0 Å². The van der Waals surface area contributed by atoms with Gasteiger partial charge in [-0.1, -0.05) is 0 Å². The molecule has 0 aromatic rings. The Hall–Kier alpha value is -0.730. The second kappa shape index (κ2) is 7.01. The zero-order valence-corrected chi connectivity index (χ0v) is 10.9. The first-order valence-electron chi connectivity index (χ1n) is 6.08. The molecule has 1 heterocycles. The van der Waals surface area contributed by atoms with Crippen LogP contribution in [0.3, 0.4) is 0 Å². The van der Waals surface area contributed by atoms with Crippen LogP contribution in [0.15, 0.2) is 0 Å². The van der Waals surface area contributed by atoms with Crippen LogP contribution in [0, 0.1) is 0 Å². The lowest BCUT2D eigenvalue weighted by molar-refractivity contribution is -0.125. The van der Waals surface area contributed by atoms with E-state index in [1.54, 1.807) is 0 Å². The largest absolute Gasteiger partial charge is 0.388 e. The zero-order chi connectivity index (χ0) is 13.7. The summed E-state index contributed by atoms with van der Waals surface area (Å²) < 4.78 is 5.34. The highest BCUT2D eigenvalue weighted by atomic mass is 16.5. The summed E-state index contributed by atoms with van der Waals surface area (Å²) in [6.07, 6.45) is -3.33. The second-order valence-electron chi connectivity index (χ2n) is 4.79. The monoisotopic (exact) mass is 261 g/mol. The van der Waals surface area contributed by atoms with Crippen molar-refractivity contribution in [2.24, 2.45) is 5.73 Å². The quantitative estimate of drug-likeness (QED) is 0.421. The number of aliphatic hydroxyl groups excluding tert-OH is 2. The number of carbonyl (C=O) groups is 1. The number of amides is 1. The van der Waals surface area contributed by atoms with Crippen molar-refractivity contribution in [1.82, 2.24) is 10.2 Å². The fraction of sp³-hybridized carbons (Fsp3) is 0.909. The number of hydrogen-bond acceptors (Lipinski definition) is 6. The Morgan fingerprint density at radius 3 is 2.44 bits per heavy atom. The Bertz CT molecular complexity index is 275. The minimum atomic E-state index is -1.06. The predicted octanol–water partition coefficient (Wildman–Crippen LogP) is -2.50. The van der Waals surface area contributed by atoms with Gasteiger partial charge in [-0.05, 0) is 14.1 Å². The summed E-state index contributed by atoms with van der Waals surface area (Å²) in [5.74, 6) is -0.203. The molecule has 0 aliphatic carbocycles. The molecule has 0 saturated carbocycles. The van der Waals surface area contributed by atoms with Gasteiger partial charge in [0.15, 0.2) is 0 Å². The molecule has 1 saturated heterocycles. The summed E-state index contributed by atoms with van der Waals surface area (Å²) in [5.41, 5.74) is 5.39. The topological polar surface area (TPSA) is 108 Å². The van der Waals surface area contributed by atoms with Crippen LogP contribution in [0.25, 0.3) is 0 Å². The van der Waals surface area contributed by atoms with Crippen LogP contribution in [0.5, 0.6) is 0 Å². The number of nitrogens with one attached hydrogen (secondary N) is 1. The van der Waals surface area contributed by atoms with Crippen molar-refractivity contribution >= 4 is 5.91 Å². The third-order valence-electron chi connectivity index (χ3n) is 2.96.